The quantitative estimate of drug-likeness (QED) is 0.191. The number of fused-ring (bicyclic) bond motifs is 1. The first-order valence-electron chi connectivity index (χ1n) is 14.9. The Morgan fingerprint density at radius 1 is 0.750 bits per heavy atom. The van der Waals surface area contributed by atoms with Crippen LogP contribution in [0.5, 0.6) is 5.75 Å². The number of nitrogens with zero attached hydrogens (tertiary/aromatic N) is 2. The van der Waals surface area contributed by atoms with Crippen LogP contribution < -0.4 is 19.9 Å². The predicted octanol–water partition coefficient (Wildman–Crippen LogP) is 7.10. The predicted molar refractivity (Wildman–Crippen MR) is 175 cm³/mol. The van der Waals surface area contributed by atoms with Crippen molar-refractivity contribution in [1.29, 1.82) is 0 Å². The largest absolute Gasteiger partial charge is 0.484 e. The normalized spacial score (nSPS) is 14.2. The number of nitrogens with one attached hydrogen (secondary N) is 1. The molecule has 220 valence electrons. The van der Waals surface area contributed by atoms with Gasteiger partial charge in [-0.1, -0.05) is 103 Å². The maximum absolute atomic E-state index is 14.1. The van der Waals surface area contributed by atoms with E-state index in [1.807, 2.05) is 133 Å². The summed E-state index contributed by atoms with van der Waals surface area (Å²) in [6.45, 7) is 3.13. The highest BCUT2D eigenvalue weighted by Gasteiger charge is 2.39. The zero-order valence-corrected chi connectivity index (χ0v) is 24.7. The fourth-order valence-electron chi connectivity index (χ4n) is 5.59. The lowest BCUT2D eigenvalue weighted by atomic mass is 9.99. The molecule has 0 radical (unpaired) electrons. The molecule has 0 aliphatic carbocycles. The summed E-state index contributed by atoms with van der Waals surface area (Å²) in [4.78, 5) is 30.7. The molecule has 6 nitrogen and oxygen atoms in total. The zero-order chi connectivity index (χ0) is 30.3. The van der Waals surface area contributed by atoms with Gasteiger partial charge in [-0.05, 0) is 66.4 Å². The highest BCUT2D eigenvalue weighted by Crippen LogP contribution is 2.42. The third-order valence-electron chi connectivity index (χ3n) is 7.84. The Bertz CT molecular complexity index is 1700. The fraction of sp³-hybridized carbons (Fsp3) is 0.158. The molecule has 0 saturated carbocycles. The monoisotopic (exact) mass is 581 g/mol. The average molecular weight is 582 g/mol. The van der Waals surface area contributed by atoms with Crippen LogP contribution in [0.2, 0.25) is 0 Å². The molecular weight excluding hydrogens is 546 g/mol. The van der Waals surface area contributed by atoms with Crippen molar-refractivity contribution in [2.75, 3.05) is 23.0 Å². The van der Waals surface area contributed by atoms with Crippen molar-refractivity contribution in [3.05, 3.63) is 161 Å². The van der Waals surface area contributed by atoms with Gasteiger partial charge < -0.3 is 15.0 Å². The SMILES string of the molecule is Cc1ccc(N2C(=O)c3ccccc3N(Cc3ccccc3)C2c2ccc(OCC(=O)NCCc3ccccc3)cc2)cc1. The first-order valence-corrected chi connectivity index (χ1v) is 14.9. The zero-order valence-electron chi connectivity index (χ0n) is 24.7. The molecule has 44 heavy (non-hydrogen) atoms. The minimum atomic E-state index is -0.407. The van der Waals surface area contributed by atoms with Gasteiger partial charge in [0.05, 0.1) is 11.3 Å². The second-order valence-corrected chi connectivity index (χ2v) is 11.0. The first-order chi connectivity index (χ1) is 21.6. The van der Waals surface area contributed by atoms with Gasteiger partial charge >= 0.3 is 0 Å². The van der Waals surface area contributed by atoms with E-state index in [1.165, 1.54) is 5.56 Å². The van der Waals surface area contributed by atoms with Crippen LogP contribution in [0, 0.1) is 6.92 Å². The third kappa shape index (κ3) is 6.50. The van der Waals surface area contributed by atoms with E-state index in [0.717, 1.165) is 34.5 Å². The lowest BCUT2D eigenvalue weighted by Crippen LogP contribution is -2.49. The summed E-state index contributed by atoms with van der Waals surface area (Å²) in [7, 11) is 0. The molecule has 0 bridgehead atoms. The molecule has 5 aromatic rings. The first kappa shape index (κ1) is 28.7. The van der Waals surface area contributed by atoms with Crippen molar-refractivity contribution in [2.24, 2.45) is 0 Å². The van der Waals surface area contributed by atoms with E-state index in [2.05, 4.69) is 22.3 Å². The molecule has 1 aliphatic heterocycles. The van der Waals surface area contributed by atoms with Crippen molar-refractivity contribution in [2.45, 2.75) is 26.1 Å². The number of carbonyl (C=O) groups is 2. The molecule has 1 atom stereocenters. The molecule has 0 aromatic heterocycles. The van der Waals surface area contributed by atoms with Gasteiger partial charge in [-0.25, -0.2) is 0 Å². The van der Waals surface area contributed by atoms with Crippen LogP contribution >= 0.6 is 0 Å². The molecule has 0 spiro atoms. The van der Waals surface area contributed by atoms with E-state index < -0.39 is 6.17 Å². The number of carbonyl (C=O) groups excluding carboxylic acids is 2. The van der Waals surface area contributed by atoms with E-state index in [-0.39, 0.29) is 18.4 Å². The van der Waals surface area contributed by atoms with Crippen LogP contribution in [0.1, 0.15) is 38.8 Å². The van der Waals surface area contributed by atoms with Crippen molar-refractivity contribution >= 4 is 23.2 Å². The van der Waals surface area contributed by atoms with Gasteiger partial charge in [0.2, 0.25) is 0 Å². The number of benzene rings is 5. The summed E-state index contributed by atoms with van der Waals surface area (Å²) in [5.74, 6) is 0.372. The molecule has 1 aliphatic rings. The number of para-hydroxylation sites is 1. The number of hydrogen-bond donors (Lipinski definition) is 1. The van der Waals surface area contributed by atoms with Crippen LogP contribution in [0.3, 0.4) is 0 Å². The Kier molecular flexibility index (Phi) is 8.69. The Labute approximate surface area is 258 Å². The van der Waals surface area contributed by atoms with Gasteiger partial charge in [0, 0.05) is 18.8 Å². The molecular formula is C38H35N3O3. The summed E-state index contributed by atoms with van der Waals surface area (Å²) in [5.41, 5.74) is 6.76. The minimum absolute atomic E-state index is 0.0498. The molecule has 0 saturated heterocycles. The van der Waals surface area contributed by atoms with Crippen molar-refractivity contribution in [3.63, 3.8) is 0 Å². The molecule has 6 rings (SSSR count). The minimum Gasteiger partial charge on any atom is -0.484 e. The van der Waals surface area contributed by atoms with E-state index in [1.54, 1.807) is 0 Å². The van der Waals surface area contributed by atoms with Gasteiger partial charge in [0.25, 0.3) is 11.8 Å². The van der Waals surface area contributed by atoms with Crippen LogP contribution in [0.25, 0.3) is 0 Å². The number of ether oxygens (including phenoxy) is 1. The van der Waals surface area contributed by atoms with Gasteiger partial charge in [-0.15, -0.1) is 0 Å². The summed E-state index contributed by atoms with van der Waals surface area (Å²) >= 11 is 0. The van der Waals surface area contributed by atoms with Gasteiger partial charge in [0.1, 0.15) is 11.9 Å². The Balaban J connectivity index is 1.25. The molecule has 6 heteroatoms. The second kappa shape index (κ2) is 13.3. The highest BCUT2D eigenvalue weighted by atomic mass is 16.5. The number of anilines is 2. The van der Waals surface area contributed by atoms with E-state index in [4.69, 9.17) is 4.74 Å². The van der Waals surface area contributed by atoms with E-state index in [0.29, 0.717) is 24.4 Å². The van der Waals surface area contributed by atoms with Crippen molar-refractivity contribution in [1.82, 2.24) is 5.32 Å². The Hall–Kier alpha value is -5.36. The lowest BCUT2D eigenvalue weighted by molar-refractivity contribution is -0.123. The van der Waals surface area contributed by atoms with Crippen molar-refractivity contribution < 1.29 is 14.3 Å². The summed E-state index contributed by atoms with van der Waals surface area (Å²) < 4.78 is 5.83. The fourth-order valence-corrected chi connectivity index (χ4v) is 5.59. The van der Waals surface area contributed by atoms with Crippen molar-refractivity contribution in [3.8, 4) is 5.75 Å². The smallest absolute Gasteiger partial charge is 0.262 e. The molecule has 5 aromatic carbocycles. The highest BCUT2D eigenvalue weighted by molar-refractivity contribution is 6.12. The van der Waals surface area contributed by atoms with Gasteiger partial charge in [0.15, 0.2) is 6.61 Å². The summed E-state index contributed by atoms with van der Waals surface area (Å²) in [6, 6.07) is 43.9. The Morgan fingerprint density at radius 3 is 2.09 bits per heavy atom. The van der Waals surface area contributed by atoms with E-state index >= 15 is 0 Å². The second-order valence-electron chi connectivity index (χ2n) is 11.0. The summed E-state index contributed by atoms with van der Waals surface area (Å²) in [5, 5.41) is 2.92. The van der Waals surface area contributed by atoms with Crippen LogP contribution in [-0.2, 0) is 17.8 Å². The van der Waals surface area contributed by atoms with Gasteiger partial charge in [-0.2, -0.15) is 0 Å². The van der Waals surface area contributed by atoms with Gasteiger partial charge in [-0.3, -0.25) is 14.5 Å². The molecule has 1 unspecified atom stereocenters. The topological polar surface area (TPSA) is 61.9 Å². The van der Waals surface area contributed by atoms with E-state index in [9.17, 15) is 9.59 Å². The number of rotatable bonds is 10. The average Bonchev–Trinajstić information content (AvgIpc) is 3.07. The molecule has 2 amide bonds. The number of aryl methyl sites for hydroxylation is 1. The number of amides is 2. The van der Waals surface area contributed by atoms with Crippen LogP contribution in [0.4, 0.5) is 11.4 Å². The Morgan fingerprint density at radius 2 is 1.39 bits per heavy atom. The lowest BCUT2D eigenvalue weighted by Gasteiger charge is -2.46. The number of hydrogen-bond acceptors (Lipinski definition) is 4. The standard InChI is InChI=1S/C38H35N3O3/c1-28-16-20-32(21-17-28)41-37(40(26-30-12-6-3-7-13-30)35-15-9-8-14-34(35)38(41)43)31-18-22-33(23-19-31)44-27-36(42)39-25-24-29-10-4-2-5-11-29/h2-23,37H,24-27H2,1H3,(H,39,42). The molecule has 1 N–H and O–H groups in total. The molecule has 1 heterocycles. The van der Waals surface area contributed by atoms with Crippen LogP contribution in [0.15, 0.2) is 133 Å². The van der Waals surface area contributed by atoms with Crippen LogP contribution in [-0.4, -0.2) is 25.0 Å². The maximum atomic E-state index is 14.1. The maximum Gasteiger partial charge on any atom is 0.262 e. The third-order valence-corrected chi connectivity index (χ3v) is 7.84. The molecule has 0 fully saturated rings. The summed E-state index contributed by atoms with van der Waals surface area (Å²) in [6.07, 6.45) is 0.359.